The predicted molar refractivity (Wildman–Crippen MR) is 69.4 cm³/mol. The highest BCUT2D eigenvalue weighted by Crippen LogP contribution is 2.32. The molecule has 2 heteroatoms. The minimum absolute atomic E-state index is 0.522. The van der Waals surface area contributed by atoms with Crippen LogP contribution < -0.4 is 0 Å². The standard InChI is InChI=1S/C11H24N2.C2H6/c1-5-12(3)9-6-7-11(2)8-10-13(11)4;1-2/h5-10H2,1-4H3;1-2H3. The fourth-order valence-electron chi connectivity index (χ4n) is 1.92. The van der Waals surface area contributed by atoms with Gasteiger partial charge in [-0.3, -0.25) is 0 Å². The molecule has 0 spiro atoms. The minimum atomic E-state index is 0.522. The summed E-state index contributed by atoms with van der Waals surface area (Å²) in [6, 6.07) is 0. The van der Waals surface area contributed by atoms with Crippen molar-refractivity contribution >= 4 is 0 Å². The molecule has 1 rings (SSSR count). The van der Waals surface area contributed by atoms with Crippen molar-refractivity contribution in [3.05, 3.63) is 0 Å². The number of hydrogen-bond donors (Lipinski definition) is 0. The highest BCUT2D eigenvalue weighted by molar-refractivity contribution is 4.93. The van der Waals surface area contributed by atoms with Crippen molar-refractivity contribution in [1.82, 2.24) is 9.80 Å². The molecule has 0 aromatic rings. The van der Waals surface area contributed by atoms with Crippen LogP contribution in [-0.4, -0.2) is 49.1 Å². The average molecular weight is 214 g/mol. The lowest BCUT2D eigenvalue weighted by Crippen LogP contribution is -2.55. The van der Waals surface area contributed by atoms with Crippen LogP contribution in [0.15, 0.2) is 0 Å². The summed E-state index contributed by atoms with van der Waals surface area (Å²) in [5.74, 6) is 0. The molecular weight excluding hydrogens is 184 g/mol. The Bertz CT molecular complexity index is 159. The second-order valence-electron chi connectivity index (χ2n) is 4.67. The van der Waals surface area contributed by atoms with Crippen LogP contribution in [0.2, 0.25) is 0 Å². The van der Waals surface area contributed by atoms with E-state index < -0.39 is 0 Å². The zero-order chi connectivity index (χ0) is 11.9. The van der Waals surface area contributed by atoms with Crippen LogP contribution in [0.4, 0.5) is 0 Å². The van der Waals surface area contributed by atoms with Gasteiger partial charge < -0.3 is 9.80 Å². The largest absolute Gasteiger partial charge is 0.307 e. The normalized spacial score (nSPS) is 25.8. The molecule has 1 unspecified atom stereocenters. The molecule has 0 radical (unpaired) electrons. The molecule has 0 aliphatic carbocycles. The van der Waals surface area contributed by atoms with Gasteiger partial charge in [-0.25, -0.2) is 0 Å². The summed E-state index contributed by atoms with van der Waals surface area (Å²) >= 11 is 0. The average Bonchev–Trinajstić information content (AvgIpc) is 2.29. The minimum Gasteiger partial charge on any atom is -0.307 e. The topological polar surface area (TPSA) is 6.48 Å². The molecule has 0 aromatic carbocycles. The van der Waals surface area contributed by atoms with E-state index in [2.05, 4.69) is 37.7 Å². The van der Waals surface area contributed by atoms with E-state index in [1.54, 1.807) is 0 Å². The van der Waals surface area contributed by atoms with Crippen molar-refractivity contribution < 1.29 is 0 Å². The second kappa shape index (κ2) is 7.24. The third kappa shape index (κ3) is 4.52. The first kappa shape index (κ1) is 14.9. The molecule has 1 saturated heterocycles. The van der Waals surface area contributed by atoms with Crippen LogP contribution in [0.5, 0.6) is 0 Å². The molecule has 1 aliphatic heterocycles. The van der Waals surface area contributed by atoms with Crippen LogP contribution in [0, 0.1) is 0 Å². The van der Waals surface area contributed by atoms with Gasteiger partial charge in [0.05, 0.1) is 0 Å². The highest BCUT2D eigenvalue weighted by Gasteiger charge is 2.36. The Labute approximate surface area is 96.6 Å². The summed E-state index contributed by atoms with van der Waals surface area (Å²) in [4.78, 5) is 4.88. The second-order valence-corrected chi connectivity index (χ2v) is 4.67. The summed E-state index contributed by atoms with van der Waals surface area (Å²) in [5.41, 5.74) is 0.522. The zero-order valence-corrected chi connectivity index (χ0v) is 11.6. The molecule has 1 heterocycles. The van der Waals surface area contributed by atoms with Crippen molar-refractivity contribution in [3.8, 4) is 0 Å². The molecule has 92 valence electrons. The Morgan fingerprint density at radius 2 is 1.93 bits per heavy atom. The lowest BCUT2D eigenvalue weighted by atomic mass is 9.83. The van der Waals surface area contributed by atoms with Gasteiger partial charge in [0.2, 0.25) is 0 Å². The van der Waals surface area contributed by atoms with E-state index in [9.17, 15) is 0 Å². The van der Waals surface area contributed by atoms with E-state index in [-0.39, 0.29) is 0 Å². The molecule has 1 fully saturated rings. The van der Waals surface area contributed by atoms with Crippen LogP contribution in [0.25, 0.3) is 0 Å². The summed E-state index contributed by atoms with van der Waals surface area (Å²) in [6.07, 6.45) is 4.08. The Morgan fingerprint density at radius 3 is 2.27 bits per heavy atom. The maximum Gasteiger partial charge on any atom is 0.0191 e. The molecule has 0 aromatic heterocycles. The van der Waals surface area contributed by atoms with Gasteiger partial charge in [0.15, 0.2) is 0 Å². The van der Waals surface area contributed by atoms with E-state index >= 15 is 0 Å². The monoisotopic (exact) mass is 214 g/mol. The van der Waals surface area contributed by atoms with E-state index in [0.29, 0.717) is 5.54 Å². The molecule has 0 saturated carbocycles. The molecular formula is C13H30N2. The Hall–Kier alpha value is -0.0800. The van der Waals surface area contributed by atoms with Gasteiger partial charge in [0.1, 0.15) is 0 Å². The van der Waals surface area contributed by atoms with Gasteiger partial charge in [-0.2, -0.15) is 0 Å². The van der Waals surface area contributed by atoms with Crippen molar-refractivity contribution in [2.45, 2.75) is 52.5 Å². The lowest BCUT2D eigenvalue weighted by molar-refractivity contribution is 0.0169. The smallest absolute Gasteiger partial charge is 0.0191 e. The van der Waals surface area contributed by atoms with Crippen molar-refractivity contribution in [1.29, 1.82) is 0 Å². The van der Waals surface area contributed by atoms with Crippen LogP contribution in [-0.2, 0) is 0 Å². The first-order chi connectivity index (χ1) is 7.08. The highest BCUT2D eigenvalue weighted by atomic mass is 15.2. The summed E-state index contributed by atoms with van der Waals surface area (Å²) in [6.45, 7) is 12.3. The molecule has 1 aliphatic rings. The van der Waals surface area contributed by atoms with Crippen LogP contribution >= 0.6 is 0 Å². The summed E-state index contributed by atoms with van der Waals surface area (Å²) in [7, 11) is 4.44. The third-order valence-corrected chi connectivity index (χ3v) is 3.70. The first-order valence-corrected chi connectivity index (χ1v) is 6.48. The van der Waals surface area contributed by atoms with Crippen LogP contribution in [0.3, 0.4) is 0 Å². The van der Waals surface area contributed by atoms with E-state index in [4.69, 9.17) is 0 Å². The molecule has 1 atom stereocenters. The zero-order valence-electron chi connectivity index (χ0n) is 11.6. The SMILES string of the molecule is CC.CCN(C)CCCC1(C)CCN1C. The van der Waals surface area contributed by atoms with Crippen molar-refractivity contribution in [2.24, 2.45) is 0 Å². The van der Waals surface area contributed by atoms with Crippen molar-refractivity contribution in [2.75, 3.05) is 33.7 Å². The number of likely N-dealkylation sites (tertiary alicyclic amines) is 1. The number of hydrogen-bond acceptors (Lipinski definition) is 2. The Balaban J connectivity index is 0.000000921. The number of nitrogens with zero attached hydrogens (tertiary/aromatic N) is 2. The van der Waals surface area contributed by atoms with Gasteiger partial charge >= 0.3 is 0 Å². The van der Waals surface area contributed by atoms with E-state index in [0.717, 1.165) is 0 Å². The fourth-order valence-corrected chi connectivity index (χ4v) is 1.92. The van der Waals surface area contributed by atoms with E-state index in [1.165, 1.54) is 38.9 Å². The third-order valence-electron chi connectivity index (χ3n) is 3.70. The lowest BCUT2D eigenvalue weighted by Gasteiger charge is -2.49. The summed E-state index contributed by atoms with van der Waals surface area (Å²) in [5, 5.41) is 0. The van der Waals surface area contributed by atoms with Crippen LogP contribution in [0.1, 0.15) is 47.0 Å². The Morgan fingerprint density at radius 1 is 1.33 bits per heavy atom. The van der Waals surface area contributed by atoms with Gasteiger partial charge in [-0.1, -0.05) is 20.8 Å². The predicted octanol–water partition coefficient (Wildman–Crippen LogP) is 2.84. The Kier molecular flexibility index (Phi) is 7.20. The maximum atomic E-state index is 2.49. The van der Waals surface area contributed by atoms with Gasteiger partial charge in [-0.05, 0) is 53.4 Å². The molecule has 0 amide bonds. The molecule has 2 nitrogen and oxygen atoms in total. The van der Waals surface area contributed by atoms with Gasteiger partial charge in [0.25, 0.3) is 0 Å². The van der Waals surface area contributed by atoms with Gasteiger partial charge in [0, 0.05) is 12.1 Å². The summed E-state index contributed by atoms with van der Waals surface area (Å²) < 4.78 is 0. The molecule has 0 N–H and O–H groups in total. The maximum absolute atomic E-state index is 2.49. The van der Waals surface area contributed by atoms with Gasteiger partial charge in [-0.15, -0.1) is 0 Å². The quantitative estimate of drug-likeness (QED) is 0.694. The van der Waals surface area contributed by atoms with E-state index in [1.807, 2.05) is 13.8 Å². The van der Waals surface area contributed by atoms with Crippen molar-refractivity contribution in [3.63, 3.8) is 0 Å². The molecule has 15 heavy (non-hydrogen) atoms. The molecule has 0 bridgehead atoms. The first-order valence-electron chi connectivity index (χ1n) is 6.48. The fraction of sp³-hybridized carbons (Fsp3) is 1.00. The number of rotatable bonds is 5.